The summed E-state index contributed by atoms with van der Waals surface area (Å²) in [6, 6.07) is 0.506. The molecule has 0 aromatic heterocycles. The van der Waals surface area contributed by atoms with Crippen LogP contribution in [0.5, 0.6) is 0 Å². The zero-order chi connectivity index (χ0) is 13.1. The fourth-order valence-corrected chi connectivity index (χ4v) is 3.25. The van der Waals surface area contributed by atoms with E-state index in [1.54, 1.807) is 0 Å². The quantitative estimate of drug-likeness (QED) is 0.780. The molecule has 3 atom stereocenters. The number of carbonyl (C=O) groups excluding carboxylic acids is 1. The van der Waals surface area contributed by atoms with E-state index in [1.165, 1.54) is 12.8 Å². The average Bonchev–Trinajstić information content (AvgIpc) is 3.05. The number of nitrogens with zero attached hydrogens (tertiary/aromatic N) is 1. The van der Waals surface area contributed by atoms with Crippen LogP contribution in [0.2, 0.25) is 0 Å². The van der Waals surface area contributed by atoms with Gasteiger partial charge in [0.1, 0.15) is 0 Å². The van der Waals surface area contributed by atoms with E-state index in [0.717, 1.165) is 31.7 Å². The van der Waals surface area contributed by atoms with E-state index in [2.05, 4.69) is 24.3 Å². The summed E-state index contributed by atoms with van der Waals surface area (Å²) in [4.78, 5) is 14.4. The fraction of sp³-hybridized carbons (Fsp3) is 0.929. The van der Waals surface area contributed by atoms with Crippen molar-refractivity contribution in [2.75, 3.05) is 27.2 Å². The Morgan fingerprint density at radius 1 is 1.25 bits per heavy atom. The molecule has 6 heteroatoms. The van der Waals surface area contributed by atoms with Gasteiger partial charge in [-0.25, -0.2) is 0 Å². The van der Waals surface area contributed by atoms with Crippen molar-refractivity contribution in [2.24, 2.45) is 23.5 Å². The van der Waals surface area contributed by atoms with Crippen LogP contribution in [0.1, 0.15) is 32.1 Å². The molecule has 0 saturated heterocycles. The monoisotopic (exact) mass is 325 g/mol. The highest BCUT2D eigenvalue weighted by Gasteiger charge is 2.35. The number of hydrogen-bond acceptors (Lipinski definition) is 3. The number of carbonyl (C=O) groups is 1. The normalized spacial score (nSPS) is 26.6. The summed E-state index contributed by atoms with van der Waals surface area (Å²) in [5.41, 5.74) is 5.74. The molecule has 2 aliphatic rings. The van der Waals surface area contributed by atoms with Crippen LogP contribution in [0.25, 0.3) is 0 Å². The molecule has 0 aliphatic heterocycles. The molecule has 0 radical (unpaired) electrons. The molecule has 120 valence electrons. The minimum Gasteiger partial charge on any atom is -0.354 e. The number of amides is 1. The first kappa shape index (κ1) is 20.0. The number of halogens is 2. The predicted molar refractivity (Wildman–Crippen MR) is 87.6 cm³/mol. The summed E-state index contributed by atoms with van der Waals surface area (Å²) in [7, 11) is 4.21. The van der Waals surface area contributed by atoms with E-state index in [0.29, 0.717) is 18.5 Å². The average molecular weight is 326 g/mol. The number of rotatable bonds is 6. The molecule has 1 amide bonds. The van der Waals surface area contributed by atoms with Gasteiger partial charge in [-0.3, -0.25) is 4.79 Å². The first-order valence-electron chi connectivity index (χ1n) is 7.27. The van der Waals surface area contributed by atoms with Crippen LogP contribution in [0.15, 0.2) is 0 Å². The second kappa shape index (κ2) is 9.08. The van der Waals surface area contributed by atoms with Gasteiger partial charge in [-0.1, -0.05) is 6.42 Å². The van der Waals surface area contributed by atoms with Crippen molar-refractivity contribution in [3.8, 4) is 0 Å². The number of hydrogen-bond donors (Lipinski definition) is 2. The molecule has 1 unspecified atom stereocenters. The Morgan fingerprint density at radius 3 is 2.40 bits per heavy atom. The third-order valence-electron chi connectivity index (χ3n) is 4.61. The Balaban J connectivity index is 0.00000180. The fourth-order valence-electron chi connectivity index (χ4n) is 3.25. The first-order valence-corrected chi connectivity index (χ1v) is 7.27. The zero-order valence-electron chi connectivity index (χ0n) is 12.5. The van der Waals surface area contributed by atoms with Crippen molar-refractivity contribution in [1.82, 2.24) is 10.2 Å². The smallest absolute Gasteiger partial charge is 0.223 e. The maximum Gasteiger partial charge on any atom is 0.223 e. The Bertz CT molecular complexity index is 296. The molecule has 2 rings (SSSR count). The van der Waals surface area contributed by atoms with E-state index in [-0.39, 0.29) is 36.6 Å². The standard InChI is InChI=1S/C14H27N3O.2ClH/c1-17(2)13(10-6-7-10)9-16-14(18)12-5-3-4-11(12)8-15;;/h10-13H,3-9,15H2,1-2H3,(H,16,18);2*1H/t11-,12-,13?;;/m1../s1. The summed E-state index contributed by atoms with van der Waals surface area (Å²) >= 11 is 0. The van der Waals surface area contributed by atoms with Gasteiger partial charge in [-0.15, -0.1) is 24.8 Å². The molecular weight excluding hydrogens is 297 g/mol. The molecule has 0 heterocycles. The van der Waals surface area contributed by atoms with Crippen LogP contribution in [-0.4, -0.2) is 44.0 Å². The van der Waals surface area contributed by atoms with E-state index in [1.807, 2.05) is 0 Å². The topological polar surface area (TPSA) is 58.4 Å². The maximum absolute atomic E-state index is 12.2. The van der Waals surface area contributed by atoms with Gasteiger partial charge in [-0.05, 0) is 58.2 Å². The summed E-state index contributed by atoms with van der Waals surface area (Å²) < 4.78 is 0. The van der Waals surface area contributed by atoms with Crippen molar-refractivity contribution in [2.45, 2.75) is 38.1 Å². The van der Waals surface area contributed by atoms with Crippen LogP contribution in [0.3, 0.4) is 0 Å². The molecule has 3 N–H and O–H groups in total. The highest BCUT2D eigenvalue weighted by molar-refractivity contribution is 5.85. The molecule has 0 aromatic rings. The van der Waals surface area contributed by atoms with Gasteiger partial charge in [0, 0.05) is 18.5 Å². The Hall–Kier alpha value is -0.0300. The van der Waals surface area contributed by atoms with Gasteiger partial charge in [0.05, 0.1) is 0 Å². The van der Waals surface area contributed by atoms with Gasteiger partial charge in [0.2, 0.25) is 5.91 Å². The van der Waals surface area contributed by atoms with E-state index in [9.17, 15) is 4.79 Å². The second-order valence-corrected chi connectivity index (χ2v) is 6.15. The van der Waals surface area contributed by atoms with Crippen molar-refractivity contribution in [3.05, 3.63) is 0 Å². The maximum atomic E-state index is 12.2. The molecule has 2 saturated carbocycles. The van der Waals surface area contributed by atoms with Gasteiger partial charge in [0.15, 0.2) is 0 Å². The zero-order valence-corrected chi connectivity index (χ0v) is 14.1. The number of nitrogens with two attached hydrogens (primary N) is 1. The third-order valence-corrected chi connectivity index (χ3v) is 4.61. The van der Waals surface area contributed by atoms with Crippen LogP contribution < -0.4 is 11.1 Å². The van der Waals surface area contributed by atoms with Crippen molar-refractivity contribution >= 4 is 30.7 Å². The number of likely N-dealkylation sites (N-methyl/N-ethyl adjacent to an activating group) is 1. The van der Waals surface area contributed by atoms with E-state index in [4.69, 9.17) is 5.73 Å². The lowest BCUT2D eigenvalue weighted by Gasteiger charge is -2.26. The van der Waals surface area contributed by atoms with Crippen molar-refractivity contribution < 1.29 is 4.79 Å². The lowest BCUT2D eigenvalue weighted by Crippen LogP contribution is -2.44. The van der Waals surface area contributed by atoms with Gasteiger partial charge >= 0.3 is 0 Å². The lowest BCUT2D eigenvalue weighted by molar-refractivity contribution is -0.126. The molecule has 0 bridgehead atoms. The summed E-state index contributed by atoms with van der Waals surface area (Å²) in [6.07, 6.45) is 5.92. The molecule has 2 aliphatic carbocycles. The first-order chi connectivity index (χ1) is 8.63. The van der Waals surface area contributed by atoms with Crippen LogP contribution in [0.4, 0.5) is 0 Å². The third kappa shape index (κ3) is 5.06. The SMILES string of the molecule is CN(C)C(CNC(=O)[C@@H]1CCC[C@@H]1CN)C1CC1.Cl.Cl. The Morgan fingerprint density at radius 2 is 1.90 bits per heavy atom. The summed E-state index contributed by atoms with van der Waals surface area (Å²) in [5.74, 6) is 1.59. The van der Waals surface area contributed by atoms with Gasteiger partial charge in [-0.2, -0.15) is 0 Å². The van der Waals surface area contributed by atoms with Crippen LogP contribution in [-0.2, 0) is 4.79 Å². The highest BCUT2D eigenvalue weighted by Crippen LogP contribution is 2.35. The molecule has 0 aromatic carbocycles. The highest BCUT2D eigenvalue weighted by atomic mass is 35.5. The predicted octanol–water partition coefficient (Wildman–Crippen LogP) is 1.66. The van der Waals surface area contributed by atoms with Crippen molar-refractivity contribution in [3.63, 3.8) is 0 Å². The molecule has 4 nitrogen and oxygen atoms in total. The van der Waals surface area contributed by atoms with E-state index < -0.39 is 0 Å². The van der Waals surface area contributed by atoms with Gasteiger partial charge in [0.25, 0.3) is 0 Å². The minimum atomic E-state index is 0. The minimum absolute atomic E-state index is 0. The summed E-state index contributed by atoms with van der Waals surface area (Å²) in [6.45, 7) is 1.45. The lowest BCUT2D eigenvalue weighted by atomic mass is 9.95. The summed E-state index contributed by atoms with van der Waals surface area (Å²) in [5, 5.41) is 3.16. The molecule has 20 heavy (non-hydrogen) atoms. The van der Waals surface area contributed by atoms with Gasteiger partial charge < -0.3 is 16.0 Å². The Labute approximate surface area is 135 Å². The molecule has 0 spiro atoms. The van der Waals surface area contributed by atoms with Crippen molar-refractivity contribution in [1.29, 1.82) is 0 Å². The second-order valence-electron chi connectivity index (χ2n) is 6.15. The largest absolute Gasteiger partial charge is 0.354 e. The molecule has 2 fully saturated rings. The number of nitrogens with one attached hydrogen (secondary N) is 1. The van der Waals surface area contributed by atoms with Crippen LogP contribution in [0, 0.1) is 17.8 Å². The molecular formula is C14H29Cl2N3O. The van der Waals surface area contributed by atoms with Crippen LogP contribution >= 0.6 is 24.8 Å². The van der Waals surface area contributed by atoms with E-state index >= 15 is 0 Å². The Kier molecular flexibility index (Phi) is 9.07.